The van der Waals surface area contributed by atoms with Crippen molar-refractivity contribution in [3.8, 4) is 0 Å². The van der Waals surface area contributed by atoms with Gasteiger partial charge in [-0.25, -0.2) is 0 Å². The SMILES string of the molecule is CC(=O)NCc1ccc(C(=O)CSc2nnc(Cc3cccs3)n2C2CC2)cc1. The predicted octanol–water partition coefficient (Wildman–Crippen LogP) is 3.88. The zero-order chi connectivity index (χ0) is 20.2. The van der Waals surface area contributed by atoms with E-state index in [0.29, 0.717) is 23.9 Å². The fraction of sp³-hybridized carbons (Fsp3) is 0.333. The predicted molar refractivity (Wildman–Crippen MR) is 114 cm³/mol. The Hall–Kier alpha value is -2.45. The molecule has 1 fully saturated rings. The third-order valence-corrected chi connectivity index (χ3v) is 6.53. The second-order valence-electron chi connectivity index (χ2n) is 7.07. The van der Waals surface area contributed by atoms with Gasteiger partial charge in [0.25, 0.3) is 0 Å². The Kier molecular flexibility index (Phi) is 6.10. The lowest BCUT2D eigenvalue weighted by atomic mass is 10.1. The third-order valence-electron chi connectivity index (χ3n) is 4.71. The Morgan fingerprint density at radius 3 is 2.66 bits per heavy atom. The van der Waals surface area contributed by atoms with E-state index in [9.17, 15) is 9.59 Å². The fourth-order valence-corrected chi connectivity index (χ4v) is 4.66. The second-order valence-corrected chi connectivity index (χ2v) is 9.05. The highest BCUT2D eigenvalue weighted by molar-refractivity contribution is 7.99. The summed E-state index contributed by atoms with van der Waals surface area (Å²) in [5, 5.41) is 14.4. The number of carbonyl (C=O) groups is 2. The number of thiophene rings is 1. The molecule has 2 aromatic heterocycles. The molecule has 0 bridgehead atoms. The maximum Gasteiger partial charge on any atom is 0.217 e. The van der Waals surface area contributed by atoms with Crippen molar-refractivity contribution in [1.82, 2.24) is 20.1 Å². The number of thioether (sulfide) groups is 1. The van der Waals surface area contributed by atoms with Crippen molar-refractivity contribution in [2.45, 2.75) is 43.9 Å². The van der Waals surface area contributed by atoms with Crippen molar-refractivity contribution >= 4 is 34.8 Å². The van der Waals surface area contributed by atoms with E-state index in [1.165, 1.54) is 23.6 Å². The maximum atomic E-state index is 12.6. The number of amides is 1. The van der Waals surface area contributed by atoms with Crippen molar-refractivity contribution in [3.05, 3.63) is 63.6 Å². The first-order chi connectivity index (χ1) is 14.1. The Morgan fingerprint density at radius 1 is 1.21 bits per heavy atom. The summed E-state index contributed by atoms with van der Waals surface area (Å²) in [4.78, 5) is 24.9. The molecule has 0 radical (unpaired) electrons. The summed E-state index contributed by atoms with van der Waals surface area (Å²) >= 11 is 3.18. The molecule has 29 heavy (non-hydrogen) atoms. The van der Waals surface area contributed by atoms with E-state index in [2.05, 4.69) is 31.5 Å². The summed E-state index contributed by atoms with van der Waals surface area (Å²) in [7, 11) is 0. The van der Waals surface area contributed by atoms with Crippen molar-refractivity contribution < 1.29 is 9.59 Å². The van der Waals surface area contributed by atoms with E-state index in [-0.39, 0.29) is 11.7 Å². The van der Waals surface area contributed by atoms with Crippen LogP contribution < -0.4 is 5.32 Å². The molecule has 0 unspecified atom stereocenters. The molecule has 1 saturated carbocycles. The van der Waals surface area contributed by atoms with Gasteiger partial charge in [-0.05, 0) is 29.9 Å². The molecule has 0 atom stereocenters. The van der Waals surface area contributed by atoms with Crippen LogP contribution >= 0.6 is 23.1 Å². The summed E-state index contributed by atoms with van der Waals surface area (Å²) in [6.07, 6.45) is 3.07. The van der Waals surface area contributed by atoms with Gasteiger partial charge < -0.3 is 9.88 Å². The molecule has 8 heteroatoms. The fourth-order valence-electron chi connectivity index (χ4n) is 3.04. The van der Waals surface area contributed by atoms with E-state index in [1.54, 1.807) is 11.3 Å². The van der Waals surface area contributed by atoms with Gasteiger partial charge in [0.2, 0.25) is 5.91 Å². The van der Waals surface area contributed by atoms with E-state index in [1.807, 2.05) is 30.3 Å². The van der Waals surface area contributed by atoms with Gasteiger partial charge in [0.05, 0.1) is 5.75 Å². The van der Waals surface area contributed by atoms with Crippen LogP contribution in [0.3, 0.4) is 0 Å². The molecular weight excluding hydrogens is 404 g/mol. The summed E-state index contributed by atoms with van der Waals surface area (Å²) in [6, 6.07) is 12.0. The molecule has 1 aliphatic rings. The van der Waals surface area contributed by atoms with Crippen molar-refractivity contribution in [2.75, 3.05) is 5.75 Å². The summed E-state index contributed by atoms with van der Waals surface area (Å²) < 4.78 is 2.22. The average molecular weight is 427 g/mol. The zero-order valence-corrected chi connectivity index (χ0v) is 17.8. The molecular formula is C21H22N4O2S2. The molecule has 2 heterocycles. The topological polar surface area (TPSA) is 76.9 Å². The van der Waals surface area contributed by atoms with Crippen LogP contribution in [0.25, 0.3) is 0 Å². The molecule has 6 nitrogen and oxygen atoms in total. The molecule has 0 aliphatic heterocycles. The van der Waals surface area contributed by atoms with Gasteiger partial charge in [-0.3, -0.25) is 9.59 Å². The van der Waals surface area contributed by atoms with E-state index in [4.69, 9.17) is 0 Å². The van der Waals surface area contributed by atoms with Gasteiger partial charge in [0.15, 0.2) is 10.9 Å². The second kappa shape index (κ2) is 8.92. The standard InChI is InChI=1S/C21H22N4O2S2/c1-14(26)22-12-15-4-6-16(7-5-15)19(27)13-29-21-24-23-20(25(21)17-8-9-17)11-18-3-2-10-28-18/h2-7,10,17H,8-9,11-13H2,1H3,(H,22,26). The van der Waals surface area contributed by atoms with Gasteiger partial charge >= 0.3 is 0 Å². The number of aromatic nitrogens is 3. The highest BCUT2D eigenvalue weighted by Crippen LogP contribution is 2.39. The zero-order valence-electron chi connectivity index (χ0n) is 16.1. The van der Waals surface area contributed by atoms with Gasteiger partial charge in [-0.1, -0.05) is 42.1 Å². The van der Waals surface area contributed by atoms with E-state index < -0.39 is 0 Å². The van der Waals surface area contributed by atoms with Crippen LogP contribution in [-0.4, -0.2) is 32.2 Å². The number of ketones is 1. The highest BCUT2D eigenvalue weighted by atomic mass is 32.2. The largest absolute Gasteiger partial charge is 0.352 e. The first kappa shape index (κ1) is 19.8. The number of carbonyl (C=O) groups excluding carboxylic acids is 2. The number of nitrogens with one attached hydrogen (secondary N) is 1. The van der Waals surface area contributed by atoms with Gasteiger partial charge in [-0.2, -0.15) is 0 Å². The minimum Gasteiger partial charge on any atom is -0.352 e. The van der Waals surface area contributed by atoms with Crippen molar-refractivity contribution in [3.63, 3.8) is 0 Å². The molecule has 1 aromatic carbocycles. The molecule has 0 saturated heterocycles. The smallest absolute Gasteiger partial charge is 0.217 e. The Morgan fingerprint density at radius 2 is 2.00 bits per heavy atom. The normalized spacial score (nSPS) is 13.4. The lowest BCUT2D eigenvalue weighted by Crippen LogP contribution is -2.18. The minimum atomic E-state index is -0.0697. The summed E-state index contributed by atoms with van der Waals surface area (Å²) in [5.41, 5.74) is 1.64. The molecule has 3 aromatic rings. The number of nitrogens with zero attached hydrogens (tertiary/aromatic N) is 3. The molecule has 1 N–H and O–H groups in total. The first-order valence-corrected chi connectivity index (χ1v) is 11.4. The number of hydrogen-bond acceptors (Lipinski definition) is 6. The van der Waals surface area contributed by atoms with Crippen LogP contribution in [0, 0.1) is 0 Å². The molecule has 150 valence electrons. The van der Waals surface area contributed by atoms with Crippen molar-refractivity contribution in [1.29, 1.82) is 0 Å². The van der Waals surface area contributed by atoms with Crippen LogP contribution in [0.15, 0.2) is 46.9 Å². The molecule has 1 aliphatic carbocycles. The van der Waals surface area contributed by atoms with Gasteiger partial charge in [0.1, 0.15) is 5.82 Å². The van der Waals surface area contributed by atoms with Crippen LogP contribution in [0.2, 0.25) is 0 Å². The number of rotatable bonds is 9. The minimum absolute atomic E-state index is 0.0613. The van der Waals surface area contributed by atoms with E-state index >= 15 is 0 Å². The first-order valence-electron chi connectivity index (χ1n) is 9.55. The van der Waals surface area contributed by atoms with Crippen LogP contribution in [0.5, 0.6) is 0 Å². The highest BCUT2D eigenvalue weighted by Gasteiger charge is 2.30. The lowest BCUT2D eigenvalue weighted by molar-refractivity contribution is -0.119. The quantitative estimate of drug-likeness (QED) is 0.415. The van der Waals surface area contributed by atoms with Gasteiger partial charge in [0, 0.05) is 36.4 Å². The number of benzene rings is 1. The Labute approximate surface area is 177 Å². The van der Waals surface area contributed by atoms with Gasteiger partial charge in [-0.15, -0.1) is 21.5 Å². The molecule has 4 rings (SSSR count). The Balaban J connectivity index is 1.39. The third kappa shape index (κ3) is 5.13. The summed E-state index contributed by atoms with van der Waals surface area (Å²) in [5.74, 6) is 1.30. The lowest BCUT2D eigenvalue weighted by Gasteiger charge is -2.08. The Bertz CT molecular complexity index is 992. The maximum absolute atomic E-state index is 12.6. The number of hydrogen-bond donors (Lipinski definition) is 1. The van der Waals surface area contributed by atoms with Crippen molar-refractivity contribution in [2.24, 2.45) is 0 Å². The molecule has 0 spiro atoms. The van der Waals surface area contributed by atoms with Crippen LogP contribution in [0.1, 0.15) is 52.4 Å². The monoisotopic (exact) mass is 426 g/mol. The van der Waals surface area contributed by atoms with Crippen LogP contribution in [-0.2, 0) is 17.8 Å². The average Bonchev–Trinajstić information content (AvgIpc) is 3.27. The number of Topliss-reactive ketones (excluding diaryl/α,β-unsaturated/α-hetero) is 1. The van der Waals surface area contributed by atoms with Crippen LogP contribution in [0.4, 0.5) is 0 Å². The molecule has 1 amide bonds. The summed E-state index contributed by atoms with van der Waals surface area (Å²) in [6.45, 7) is 1.96. The van der Waals surface area contributed by atoms with E-state index in [0.717, 1.165) is 35.8 Å².